The molecule has 0 saturated heterocycles. The molecule has 0 aromatic heterocycles. The van der Waals surface area contributed by atoms with Gasteiger partial charge in [-0.3, -0.25) is 9.80 Å². The van der Waals surface area contributed by atoms with Crippen LogP contribution in [-0.2, 0) is 0 Å². The van der Waals surface area contributed by atoms with Gasteiger partial charge in [-0.1, -0.05) is 80.6 Å². The van der Waals surface area contributed by atoms with Gasteiger partial charge in [0.15, 0.2) is 0 Å². The first-order chi connectivity index (χ1) is 11.2. The minimum atomic E-state index is 0.935. The van der Waals surface area contributed by atoms with Gasteiger partial charge < -0.3 is 4.90 Å². The minimum absolute atomic E-state index is 0.935. The smallest absolute Gasteiger partial charge is 0.0497 e. The first kappa shape index (κ1) is 31.6. The van der Waals surface area contributed by atoms with Gasteiger partial charge in [-0.05, 0) is 54.2 Å². The van der Waals surface area contributed by atoms with E-state index in [2.05, 4.69) is 98.4 Å². The Morgan fingerprint density at radius 2 is 1.00 bits per heavy atom. The summed E-state index contributed by atoms with van der Waals surface area (Å²) in [7, 11) is 10.4. The summed E-state index contributed by atoms with van der Waals surface area (Å²) < 4.78 is 0. The maximum atomic E-state index is 2.28. The van der Waals surface area contributed by atoms with E-state index in [1.165, 1.54) is 32.1 Å². The molecule has 0 aliphatic carbocycles. The Morgan fingerprint density at radius 3 is 1.04 bits per heavy atom. The second-order valence-electron chi connectivity index (χ2n) is 7.06. The van der Waals surface area contributed by atoms with Crippen molar-refractivity contribution in [3.63, 3.8) is 0 Å². The normalized spacial score (nSPS) is 10.0. The quantitative estimate of drug-likeness (QED) is 0.524. The summed E-state index contributed by atoms with van der Waals surface area (Å²) >= 11 is 0. The fourth-order valence-corrected chi connectivity index (χ4v) is 1.23. The van der Waals surface area contributed by atoms with Crippen molar-refractivity contribution in [3.05, 3.63) is 0 Å². The molecule has 0 heterocycles. The van der Waals surface area contributed by atoms with E-state index in [1.807, 2.05) is 0 Å². The lowest BCUT2D eigenvalue weighted by Crippen LogP contribution is -2.29. The Kier molecular flexibility index (Phi) is 36.5. The predicted molar refractivity (Wildman–Crippen MR) is 116 cm³/mol. The van der Waals surface area contributed by atoms with Crippen LogP contribution in [0.1, 0.15) is 80.6 Å². The molecule has 0 aromatic carbocycles. The lowest BCUT2D eigenvalue weighted by molar-refractivity contribution is 0.219. The molecule has 0 rings (SSSR count). The molecule has 0 saturated carbocycles. The molecule has 0 aliphatic rings. The monoisotopic (exact) mass is 347 g/mol. The highest BCUT2D eigenvalue weighted by Crippen LogP contribution is 2.02. The van der Waals surface area contributed by atoms with Crippen LogP contribution in [0.25, 0.3) is 0 Å². The molecule has 24 heavy (non-hydrogen) atoms. The van der Waals surface area contributed by atoms with E-state index in [-0.39, 0.29) is 0 Å². The molecule has 3 nitrogen and oxygen atoms in total. The second-order valence-corrected chi connectivity index (χ2v) is 7.06. The summed E-state index contributed by atoms with van der Waals surface area (Å²) in [5, 5.41) is 0. The molecular formula is C21H53N3. The second kappa shape index (κ2) is 27.7. The average molecular weight is 348 g/mol. The third-order valence-corrected chi connectivity index (χ3v) is 3.80. The Balaban J connectivity index is -0.000000114. The van der Waals surface area contributed by atoms with Gasteiger partial charge in [-0.2, -0.15) is 0 Å². The highest BCUT2D eigenvalue weighted by Gasteiger charge is 1.92. The molecule has 0 bridgehead atoms. The summed E-state index contributed by atoms with van der Waals surface area (Å²) in [5.41, 5.74) is 0. The fraction of sp³-hybridized carbons (Fsp3) is 1.00. The van der Waals surface area contributed by atoms with Crippen molar-refractivity contribution in [3.8, 4) is 0 Å². The summed E-state index contributed by atoms with van der Waals surface area (Å²) in [6.07, 6.45) is 6.74. The number of nitrogens with zero attached hydrogens (tertiary/aromatic N) is 3. The molecule has 3 heteroatoms. The molecule has 0 radical (unpaired) electrons. The Labute approximate surface area is 156 Å². The Bertz CT molecular complexity index is 176. The lowest BCUT2D eigenvalue weighted by Gasteiger charge is -2.18. The van der Waals surface area contributed by atoms with Crippen LogP contribution in [0.5, 0.6) is 0 Å². The van der Waals surface area contributed by atoms with E-state index in [0.717, 1.165) is 25.7 Å². The van der Waals surface area contributed by atoms with Gasteiger partial charge in [0.25, 0.3) is 0 Å². The molecule has 0 spiro atoms. The van der Waals surface area contributed by atoms with Crippen LogP contribution in [0.3, 0.4) is 0 Å². The zero-order chi connectivity index (χ0) is 20.0. The van der Waals surface area contributed by atoms with Crippen molar-refractivity contribution in [2.75, 3.05) is 55.0 Å². The summed E-state index contributed by atoms with van der Waals surface area (Å²) in [5.74, 6) is 0.935. The highest BCUT2D eigenvalue weighted by atomic mass is 15.3. The van der Waals surface area contributed by atoms with Crippen molar-refractivity contribution in [2.24, 2.45) is 5.92 Å². The average Bonchev–Trinajstić information content (AvgIpc) is 2.55. The molecule has 0 aromatic rings. The van der Waals surface area contributed by atoms with Crippen molar-refractivity contribution in [2.45, 2.75) is 80.6 Å². The molecule has 0 aliphatic heterocycles. The third kappa shape index (κ3) is 49.5. The summed E-state index contributed by atoms with van der Waals surface area (Å²) in [4.78, 5) is 6.53. The molecule has 152 valence electrons. The first-order valence-electron chi connectivity index (χ1n) is 10.1. The summed E-state index contributed by atoms with van der Waals surface area (Å²) in [6.45, 7) is 18.8. The van der Waals surface area contributed by atoms with Gasteiger partial charge in [-0.25, -0.2) is 0 Å². The number of rotatable bonds is 8. The Morgan fingerprint density at radius 1 is 0.625 bits per heavy atom. The predicted octanol–water partition coefficient (Wildman–Crippen LogP) is 5.66. The molecule has 0 unspecified atom stereocenters. The number of unbranched alkanes of at least 4 members (excludes halogenated alkanes) is 2. The van der Waals surface area contributed by atoms with Gasteiger partial charge in [0.05, 0.1) is 0 Å². The zero-order valence-electron chi connectivity index (χ0n) is 19.6. The van der Waals surface area contributed by atoms with Crippen LogP contribution < -0.4 is 0 Å². The van der Waals surface area contributed by atoms with E-state index in [0.29, 0.717) is 0 Å². The molecule has 0 atom stereocenters. The minimum Gasteiger partial charge on any atom is -0.310 e. The van der Waals surface area contributed by atoms with Crippen molar-refractivity contribution in [1.29, 1.82) is 0 Å². The van der Waals surface area contributed by atoms with Crippen molar-refractivity contribution >= 4 is 0 Å². The van der Waals surface area contributed by atoms with Crippen LogP contribution in [0.15, 0.2) is 0 Å². The van der Waals surface area contributed by atoms with Gasteiger partial charge in [-0.15, -0.1) is 0 Å². The van der Waals surface area contributed by atoms with Gasteiger partial charge in [0.1, 0.15) is 0 Å². The van der Waals surface area contributed by atoms with Crippen LogP contribution >= 0.6 is 0 Å². The summed E-state index contributed by atoms with van der Waals surface area (Å²) in [6, 6.07) is 0. The zero-order valence-corrected chi connectivity index (χ0v) is 19.6. The van der Waals surface area contributed by atoms with Gasteiger partial charge >= 0.3 is 0 Å². The molecular weight excluding hydrogens is 294 g/mol. The Hall–Kier alpha value is -0.120. The van der Waals surface area contributed by atoms with Gasteiger partial charge in [0.2, 0.25) is 0 Å². The SMILES string of the molecule is CCC(C)CC.CCCCC.CCN(C)C.CCN(C)CN(C)C. The number of hydrogen-bond donors (Lipinski definition) is 0. The molecule has 0 fully saturated rings. The maximum Gasteiger partial charge on any atom is 0.0497 e. The van der Waals surface area contributed by atoms with Crippen molar-refractivity contribution in [1.82, 2.24) is 14.7 Å². The van der Waals surface area contributed by atoms with Crippen LogP contribution in [0.4, 0.5) is 0 Å². The van der Waals surface area contributed by atoms with E-state index in [9.17, 15) is 0 Å². The first-order valence-corrected chi connectivity index (χ1v) is 10.1. The van der Waals surface area contributed by atoms with Crippen LogP contribution in [0.2, 0.25) is 0 Å². The molecule has 0 amide bonds. The topological polar surface area (TPSA) is 9.72 Å². The van der Waals surface area contributed by atoms with E-state index in [4.69, 9.17) is 0 Å². The fourth-order valence-electron chi connectivity index (χ4n) is 1.23. The van der Waals surface area contributed by atoms with Gasteiger partial charge in [0, 0.05) is 6.67 Å². The van der Waals surface area contributed by atoms with Crippen molar-refractivity contribution < 1.29 is 0 Å². The number of hydrogen-bond acceptors (Lipinski definition) is 3. The standard InChI is InChI=1S/C6H16N2.C6H14.C5H12.C4H11N/c1-5-8(4)6-7(2)3;1-4-6(3)5-2;1-3-5-4-2;1-4-5(2)3/h5-6H2,1-4H3;6H,4-5H2,1-3H3;3-5H2,1-2H3;4H2,1-3H3. The third-order valence-electron chi connectivity index (χ3n) is 3.80. The van der Waals surface area contributed by atoms with Crippen LogP contribution in [-0.4, -0.2) is 69.7 Å². The van der Waals surface area contributed by atoms with E-state index in [1.54, 1.807) is 0 Å². The largest absolute Gasteiger partial charge is 0.310 e. The van der Waals surface area contributed by atoms with E-state index < -0.39 is 0 Å². The highest BCUT2D eigenvalue weighted by molar-refractivity contribution is 4.42. The van der Waals surface area contributed by atoms with Crippen LogP contribution in [0, 0.1) is 5.92 Å². The maximum absolute atomic E-state index is 2.28. The molecule has 0 N–H and O–H groups in total. The lowest BCUT2D eigenvalue weighted by atomic mass is 10.1. The van der Waals surface area contributed by atoms with E-state index >= 15 is 0 Å².